The van der Waals surface area contributed by atoms with Crippen LogP contribution in [0, 0.1) is 11.8 Å². The minimum Gasteiger partial charge on any atom is -0.395 e. The van der Waals surface area contributed by atoms with Crippen molar-refractivity contribution in [3.63, 3.8) is 0 Å². The molecule has 0 atom stereocenters. The van der Waals surface area contributed by atoms with Crippen LogP contribution in [0.3, 0.4) is 0 Å². The van der Waals surface area contributed by atoms with Gasteiger partial charge < -0.3 is 15.7 Å². The van der Waals surface area contributed by atoms with Crippen LogP contribution >= 0.6 is 0 Å². The number of carbonyl (C=O) groups is 2. The lowest BCUT2D eigenvalue weighted by Gasteiger charge is -2.04. The Morgan fingerprint density at radius 1 is 1.26 bits per heavy atom. The maximum Gasteiger partial charge on any atom is 0.251 e. The molecule has 19 heavy (non-hydrogen) atoms. The van der Waals surface area contributed by atoms with Crippen molar-refractivity contribution in [2.24, 2.45) is 0 Å². The van der Waals surface area contributed by atoms with E-state index in [0.29, 0.717) is 12.0 Å². The largest absolute Gasteiger partial charge is 0.395 e. The molecule has 5 heteroatoms. The molecule has 0 aliphatic carbocycles. The van der Waals surface area contributed by atoms with Crippen molar-refractivity contribution < 1.29 is 14.7 Å². The van der Waals surface area contributed by atoms with Crippen LogP contribution in [0.15, 0.2) is 24.3 Å². The van der Waals surface area contributed by atoms with Gasteiger partial charge in [0.1, 0.15) is 0 Å². The van der Waals surface area contributed by atoms with Gasteiger partial charge in [-0.15, -0.1) is 0 Å². The zero-order valence-electron chi connectivity index (χ0n) is 10.7. The van der Waals surface area contributed by atoms with Gasteiger partial charge in [-0.3, -0.25) is 9.59 Å². The molecule has 5 nitrogen and oxygen atoms in total. The first-order valence-electron chi connectivity index (χ1n) is 5.86. The molecule has 0 fully saturated rings. The SMILES string of the molecule is CNC(=O)CNC(=O)c1ccc(C#CCCO)cc1. The van der Waals surface area contributed by atoms with Gasteiger partial charge in [0, 0.05) is 24.6 Å². The van der Waals surface area contributed by atoms with E-state index < -0.39 is 0 Å². The number of carbonyl (C=O) groups excluding carboxylic acids is 2. The summed E-state index contributed by atoms with van der Waals surface area (Å²) in [5.74, 6) is 5.10. The fourth-order valence-electron chi connectivity index (χ4n) is 1.28. The molecule has 0 aromatic heterocycles. The van der Waals surface area contributed by atoms with Crippen molar-refractivity contribution in [1.82, 2.24) is 10.6 Å². The Balaban J connectivity index is 2.59. The van der Waals surface area contributed by atoms with E-state index in [1.54, 1.807) is 24.3 Å². The second kappa shape index (κ2) is 7.90. The Bertz CT molecular complexity index is 498. The first-order chi connectivity index (χ1) is 9.17. The van der Waals surface area contributed by atoms with Gasteiger partial charge in [-0.2, -0.15) is 0 Å². The molecule has 0 saturated carbocycles. The molecule has 2 amide bonds. The molecule has 0 heterocycles. The van der Waals surface area contributed by atoms with Gasteiger partial charge in [0.05, 0.1) is 13.2 Å². The lowest BCUT2D eigenvalue weighted by Crippen LogP contribution is -2.35. The van der Waals surface area contributed by atoms with E-state index in [1.165, 1.54) is 7.05 Å². The minimum atomic E-state index is -0.307. The predicted octanol–water partition coefficient (Wildman–Crippen LogP) is -0.104. The first kappa shape index (κ1) is 14.7. The van der Waals surface area contributed by atoms with Gasteiger partial charge in [-0.1, -0.05) is 11.8 Å². The fourth-order valence-corrected chi connectivity index (χ4v) is 1.28. The van der Waals surface area contributed by atoms with Crippen LogP contribution in [0.1, 0.15) is 22.3 Å². The third-order valence-electron chi connectivity index (χ3n) is 2.30. The summed E-state index contributed by atoms with van der Waals surface area (Å²) in [5.41, 5.74) is 1.24. The average molecular weight is 260 g/mol. The molecule has 0 unspecified atom stereocenters. The summed E-state index contributed by atoms with van der Waals surface area (Å²) >= 11 is 0. The highest BCUT2D eigenvalue weighted by Gasteiger charge is 2.06. The van der Waals surface area contributed by atoms with Crippen molar-refractivity contribution in [1.29, 1.82) is 0 Å². The predicted molar refractivity (Wildman–Crippen MR) is 71.4 cm³/mol. The second-order valence-corrected chi connectivity index (χ2v) is 3.71. The van der Waals surface area contributed by atoms with Gasteiger partial charge >= 0.3 is 0 Å². The van der Waals surface area contributed by atoms with E-state index in [0.717, 1.165) is 5.56 Å². The Hall–Kier alpha value is -2.32. The molecular weight excluding hydrogens is 244 g/mol. The lowest BCUT2D eigenvalue weighted by atomic mass is 10.1. The van der Waals surface area contributed by atoms with Gasteiger partial charge in [-0.05, 0) is 24.3 Å². The molecule has 1 aromatic carbocycles. The highest BCUT2D eigenvalue weighted by Crippen LogP contribution is 2.03. The Morgan fingerprint density at radius 3 is 2.53 bits per heavy atom. The summed E-state index contributed by atoms with van der Waals surface area (Å²) in [6.07, 6.45) is 0.425. The summed E-state index contributed by atoms with van der Waals surface area (Å²) < 4.78 is 0. The number of aliphatic hydroxyl groups excluding tert-OH is 1. The molecule has 0 bridgehead atoms. The van der Waals surface area contributed by atoms with Crippen molar-refractivity contribution in [3.8, 4) is 11.8 Å². The van der Waals surface area contributed by atoms with Crippen molar-refractivity contribution in [2.45, 2.75) is 6.42 Å². The van der Waals surface area contributed by atoms with Crippen LogP contribution in [0.2, 0.25) is 0 Å². The van der Waals surface area contributed by atoms with Gasteiger partial charge in [0.2, 0.25) is 5.91 Å². The normalized spacial score (nSPS) is 9.16. The molecule has 0 aliphatic heterocycles. The van der Waals surface area contributed by atoms with Crippen molar-refractivity contribution in [2.75, 3.05) is 20.2 Å². The van der Waals surface area contributed by atoms with E-state index in [9.17, 15) is 9.59 Å². The third kappa shape index (κ3) is 5.23. The molecule has 0 saturated heterocycles. The number of aliphatic hydroxyl groups is 1. The topological polar surface area (TPSA) is 78.4 Å². The number of amides is 2. The van der Waals surface area contributed by atoms with E-state index >= 15 is 0 Å². The van der Waals surface area contributed by atoms with E-state index in [2.05, 4.69) is 22.5 Å². The quantitative estimate of drug-likeness (QED) is 0.661. The van der Waals surface area contributed by atoms with Crippen molar-refractivity contribution >= 4 is 11.8 Å². The molecular formula is C14H16N2O3. The van der Waals surface area contributed by atoms with Crippen LogP contribution in [-0.2, 0) is 4.79 Å². The summed E-state index contributed by atoms with van der Waals surface area (Å²) in [5, 5.41) is 13.5. The van der Waals surface area contributed by atoms with Crippen molar-refractivity contribution in [3.05, 3.63) is 35.4 Å². The Kier molecular flexibility index (Phi) is 6.13. The number of likely N-dealkylation sites (N-methyl/N-ethyl adjacent to an activating group) is 1. The number of hydrogen-bond acceptors (Lipinski definition) is 3. The van der Waals surface area contributed by atoms with E-state index in [4.69, 9.17) is 5.11 Å². The molecule has 1 rings (SSSR count). The van der Waals surface area contributed by atoms with Crippen LogP contribution in [0.4, 0.5) is 0 Å². The highest BCUT2D eigenvalue weighted by molar-refractivity contribution is 5.96. The van der Waals surface area contributed by atoms with Crippen LogP contribution < -0.4 is 10.6 Å². The van der Waals surface area contributed by atoms with Gasteiger partial charge in [0.25, 0.3) is 5.91 Å². The van der Waals surface area contributed by atoms with E-state index in [-0.39, 0.29) is 25.0 Å². The first-order valence-corrected chi connectivity index (χ1v) is 5.86. The minimum absolute atomic E-state index is 0.0347. The van der Waals surface area contributed by atoms with Crippen LogP contribution in [-0.4, -0.2) is 37.1 Å². The zero-order chi connectivity index (χ0) is 14.1. The summed E-state index contributed by atoms with van der Waals surface area (Å²) in [6.45, 7) is -0.0135. The number of nitrogens with one attached hydrogen (secondary N) is 2. The number of benzene rings is 1. The second-order valence-electron chi connectivity index (χ2n) is 3.71. The molecule has 0 spiro atoms. The molecule has 100 valence electrons. The maximum absolute atomic E-state index is 11.7. The monoisotopic (exact) mass is 260 g/mol. The van der Waals surface area contributed by atoms with Gasteiger partial charge in [-0.25, -0.2) is 0 Å². The summed E-state index contributed by atoms with van der Waals surface area (Å²) in [6, 6.07) is 6.72. The summed E-state index contributed by atoms with van der Waals surface area (Å²) in [4.78, 5) is 22.7. The molecule has 3 N–H and O–H groups in total. The van der Waals surface area contributed by atoms with E-state index in [1.807, 2.05) is 0 Å². The zero-order valence-corrected chi connectivity index (χ0v) is 10.7. The Labute approximate surface area is 112 Å². The number of hydrogen-bond donors (Lipinski definition) is 3. The lowest BCUT2D eigenvalue weighted by molar-refractivity contribution is -0.119. The fraction of sp³-hybridized carbons (Fsp3) is 0.286. The third-order valence-corrected chi connectivity index (χ3v) is 2.30. The smallest absolute Gasteiger partial charge is 0.251 e. The van der Waals surface area contributed by atoms with Crippen LogP contribution in [0.25, 0.3) is 0 Å². The van der Waals surface area contributed by atoms with Crippen LogP contribution in [0.5, 0.6) is 0 Å². The standard InChI is InChI=1S/C14H16N2O3/c1-15-13(18)10-16-14(19)12-7-5-11(6-8-12)4-2-3-9-17/h5-8,17H,3,9-10H2,1H3,(H,15,18)(H,16,19). The number of rotatable bonds is 4. The molecule has 0 aliphatic rings. The Morgan fingerprint density at radius 2 is 1.95 bits per heavy atom. The average Bonchev–Trinajstić information content (AvgIpc) is 2.45. The highest BCUT2D eigenvalue weighted by atomic mass is 16.2. The molecule has 1 aromatic rings. The summed E-state index contributed by atoms with van der Waals surface area (Å²) in [7, 11) is 1.51. The van der Waals surface area contributed by atoms with Gasteiger partial charge in [0.15, 0.2) is 0 Å². The maximum atomic E-state index is 11.7. The molecule has 0 radical (unpaired) electrons.